The summed E-state index contributed by atoms with van der Waals surface area (Å²) in [6.45, 7) is 7.73. The number of benzene rings is 1. The first-order valence-electron chi connectivity index (χ1n) is 8.53. The van der Waals surface area contributed by atoms with Crippen LogP contribution in [0.25, 0.3) is 0 Å². The Morgan fingerprint density at radius 1 is 1.40 bits per heavy atom. The Hall–Kier alpha value is -2.57. The van der Waals surface area contributed by atoms with Gasteiger partial charge in [-0.3, -0.25) is 0 Å². The van der Waals surface area contributed by atoms with Gasteiger partial charge in [0.05, 0.1) is 12.1 Å². The molecule has 1 aromatic heterocycles. The Morgan fingerprint density at radius 2 is 2.16 bits per heavy atom. The Bertz CT molecular complexity index is 756. The zero-order valence-electron chi connectivity index (χ0n) is 15.0. The van der Waals surface area contributed by atoms with Crippen LogP contribution >= 0.6 is 0 Å². The summed E-state index contributed by atoms with van der Waals surface area (Å²) in [6.07, 6.45) is 1.36. The Labute approximate surface area is 147 Å². The topological polar surface area (TPSA) is 89.3 Å². The Morgan fingerprint density at radius 3 is 2.84 bits per heavy atom. The van der Waals surface area contributed by atoms with Gasteiger partial charge in [-0.25, -0.2) is 4.79 Å². The average Bonchev–Trinajstić information content (AvgIpc) is 2.98. The summed E-state index contributed by atoms with van der Waals surface area (Å²) in [4.78, 5) is 16.7. The summed E-state index contributed by atoms with van der Waals surface area (Å²) in [5.74, 6) is 1.78. The molecule has 0 fully saturated rings. The van der Waals surface area contributed by atoms with Crippen molar-refractivity contribution in [2.24, 2.45) is 0 Å². The van der Waals surface area contributed by atoms with Crippen molar-refractivity contribution in [1.29, 1.82) is 0 Å². The predicted molar refractivity (Wildman–Crippen MR) is 92.2 cm³/mol. The van der Waals surface area contributed by atoms with Gasteiger partial charge >= 0.3 is 6.03 Å². The quantitative estimate of drug-likeness (QED) is 0.887. The molecule has 1 aliphatic rings. The molecule has 134 valence electrons. The number of nitrogens with zero attached hydrogens (tertiary/aromatic N) is 2. The van der Waals surface area contributed by atoms with E-state index in [0.29, 0.717) is 24.6 Å². The van der Waals surface area contributed by atoms with E-state index in [1.807, 2.05) is 45.0 Å². The standard InChI is InChI=1S/C18H24N4O3/c1-5-13(16-19-11(2)25-22-16)20-17(23)21-14-10-18(3,4)24-15-9-7-6-8-12(14)15/h6-9,13-14H,5,10H2,1-4H3,(H2,20,21,23)/t13-,14+/m0/s1. The third-order valence-electron chi connectivity index (χ3n) is 4.25. The molecule has 7 heteroatoms. The lowest BCUT2D eigenvalue weighted by Gasteiger charge is -2.38. The monoisotopic (exact) mass is 344 g/mol. The number of hydrogen-bond acceptors (Lipinski definition) is 5. The van der Waals surface area contributed by atoms with Crippen molar-refractivity contribution in [3.8, 4) is 5.75 Å². The van der Waals surface area contributed by atoms with Crippen molar-refractivity contribution < 1.29 is 14.1 Å². The van der Waals surface area contributed by atoms with E-state index in [9.17, 15) is 4.79 Å². The summed E-state index contributed by atoms with van der Waals surface area (Å²) >= 11 is 0. The predicted octanol–water partition coefficient (Wildman–Crippen LogP) is 3.43. The van der Waals surface area contributed by atoms with Crippen molar-refractivity contribution in [2.75, 3.05) is 0 Å². The fourth-order valence-electron chi connectivity index (χ4n) is 3.09. The van der Waals surface area contributed by atoms with Crippen molar-refractivity contribution in [3.05, 3.63) is 41.5 Å². The molecule has 1 aromatic carbocycles. The molecule has 0 spiro atoms. The number of aromatic nitrogens is 2. The van der Waals surface area contributed by atoms with E-state index in [2.05, 4.69) is 20.8 Å². The van der Waals surface area contributed by atoms with Crippen molar-refractivity contribution in [1.82, 2.24) is 20.8 Å². The largest absolute Gasteiger partial charge is 0.487 e. The molecule has 25 heavy (non-hydrogen) atoms. The van der Waals surface area contributed by atoms with Gasteiger partial charge in [-0.1, -0.05) is 30.3 Å². The van der Waals surface area contributed by atoms with Crippen molar-refractivity contribution >= 4 is 6.03 Å². The number of amides is 2. The molecule has 0 radical (unpaired) electrons. The van der Waals surface area contributed by atoms with Crippen LogP contribution < -0.4 is 15.4 Å². The highest BCUT2D eigenvalue weighted by molar-refractivity contribution is 5.75. The maximum absolute atomic E-state index is 12.5. The summed E-state index contributed by atoms with van der Waals surface area (Å²) < 4.78 is 11.0. The zero-order valence-corrected chi connectivity index (χ0v) is 15.0. The molecule has 0 unspecified atom stereocenters. The molecule has 1 aliphatic heterocycles. The molecule has 0 aliphatic carbocycles. The van der Waals surface area contributed by atoms with Gasteiger partial charge in [0.25, 0.3) is 0 Å². The van der Waals surface area contributed by atoms with Gasteiger partial charge in [-0.05, 0) is 26.3 Å². The molecule has 7 nitrogen and oxygen atoms in total. The average molecular weight is 344 g/mol. The third-order valence-corrected chi connectivity index (χ3v) is 4.25. The van der Waals surface area contributed by atoms with Crippen LogP contribution in [0.5, 0.6) is 5.75 Å². The Kier molecular flexibility index (Phi) is 4.65. The van der Waals surface area contributed by atoms with Crippen LogP contribution in [0.15, 0.2) is 28.8 Å². The fraction of sp³-hybridized carbons (Fsp3) is 0.500. The molecule has 2 amide bonds. The highest BCUT2D eigenvalue weighted by atomic mass is 16.5. The number of hydrogen-bond donors (Lipinski definition) is 2. The zero-order chi connectivity index (χ0) is 18.0. The molecule has 0 bridgehead atoms. The van der Waals surface area contributed by atoms with Crippen LogP contribution in [0.3, 0.4) is 0 Å². The number of rotatable bonds is 4. The van der Waals surface area contributed by atoms with E-state index < -0.39 is 0 Å². The Balaban J connectivity index is 1.72. The van der Waals surface area contributed by atoms with Crippen LogP contribution in [0, 0.1) is 6.92 Å². The third kappa shape index (κ3) is 3.92. The van der Waals surface area contributed by atoms with Gasteiger partial charge in [0.2, 0.25) is 5.89 Å². The lowest BCUT2D eigenvalue weighted by atomic mass is 9.90. The smallest absolute Gasteiger partial charge is 0.315 e. The number of carbonyl (C=O) groups excluding carboxylic acids is 1. The van der Waals surface area contributed by atoms with Crippen LogP contribution in [0.1, 0.15) is 63.0 Å². The SMILES string of the molecule is CC[C@H](NC(=O)N[C@@H]1CC(C)(C)Oc2ccccc21)c1noc(C)n1. The molecular weight excluding hydrogens is 320 g/mol. The van der Waals surface area contributed by atoms with Gasteiger partial charge in [-0.2, -0.15) is 4.98 Å². The molecule has 2 aromatic rings. The maximum Gasteiger partial charge on any atom is 0.315 e. The van der Waals surface area contributed by atoms with E-state index in [1.54, 1.807) is 6.92 Å². The molecule has 2 N–H and O–H groups in total. The van der Waals surface area contributed by atoms with Crippen molar-refractivity contribution in [3.63, 3.8) is 0 Å². The first-order chi connectivity index (χ1) is 11.9. The maximum atomic E-state index is 12.5. The number of carbonyl (C=O) groups is 1. The first kappa shape index (κ1) is 17.3. The van der Waals surface area contributed by atoms with E-state index >= 15 is 0 Å². The summed E-state index contributed by atoms with van der Waals surface area (Å²) in [6, 6.07) is 7.12. The highest BCUT2D eigenvalue weighted by Crippen LogP contribution is 2.39. The van der Waals surface area contributed by atoms with E-state index in [1.165, 1.54) is 0 Å². The van der Waals surface area contributed by atoms with Crippen LogP contribution in [0.2, 0.25) is 0 Å². The van der Waals surface area contributed by atoms with Gasteiger partial charge < -0.3 is 19.9 Å². The second-order valence-electron chi connectivity index (χ2n) is 6.91. The number of ether oxygens (including phenoxy) is 1. The molecule has 2 heterocycles. The minimum absolute atomic E-state index is 0.121. The number of fused-ring (bicyclic) bond motifs is 1. The van der Waals surface area contributed by atoms with E-state index in [-0.39, 0.29) is 23.7 Å². The lowest BCUT2D eigenvalue weighted by molar-refractivity contribution is 0.0678. The van der Waals surface area contributed by atoms with Crippen molar-refractivity contribution in [2.45, 2.75) is 58.2 Å². The molecule has 0 saturated heterocycles. The number of aryl methyl sites for hydroxylation is 1. The molecular formula is C18H24N4O3. The summed E-state index contributed by atoms with van der Waals surface area (Å²) in [5.41, 5.74) is 0.641. The molecule has 0 saturated carbocycles. The van der Waals surface area contributed by atoms with Crippen LogP contribution in [-0.2, 0) is 0 Å². The van der Waals surface area contributed by atoms with E-state index in [0.717, 1.165) is 11.3 Å². The molecule has 2 atom stereocenters. The van der Waals surface area contributed by atoms with Gasteiger partial charge in [0, 0.05) is 18.9 Å². The minimum atomic E-state index is -0.346. The van der Waals surface area contributed by atoms with Gasteiger partial charge in [0.15, 0.2) is 5.82 Å². The number of nitrogens with one attached hydrogen (secondary N) is 2. The normalized spacial score (nSPS) is 19.4. The summed E-state index contributed by atoms with van der Waals surface area (Å²) in [5, 5.41) is 9.88. The second kappa shape index (κ2) is 6.74. The number of para-hydroxylation sites is 1. The second-order valence-corrected chi connectivity index (χ2v) is 6.91. The highest BCUT2D eigenvalue weighted by Gasteiger charge is 2.34. The van der Waals surface area contributed by atoms with Crippen LogP contribution in [-0.4, -0.2) is 21.8 Å². The fourth-order valence-corrected chi connectivity index (χ4v) is 3.09. The van der Waals surface area contributed by atoms with E-state index in [4.69, 9.17) is 9.26 Å². The van der Waals surface area contributed by atoms with Crippen LogP contribution in [0.4, 0.5) is 4.79 Å². The molecule has 3 rings (SSSR count). The summed E-state index contributed by atoms with van der Waals surface area (Å²) in [7, 11) is 0. The van der Waals surface area contributed by atoms with Gasteiger partial charge in [-0.15, -0.1) is 0 Å². The lowest BCUT2D eigenvalue weighted by Crippen LogP contribution is -2.45. The number of urea groups is 1. The van der Waals surface area contributed by atoms with Gasteiger partial charge in [0.1, 0.15) is 11.4 Å². The first-order valence-corrected chi connectivity index (χ1v) is 8.53. The minimum Gasteiger partial charge on any atom is -0.487 e.